The first-order valence-corrected chi connectivity index (χ1v) is 7.75. The Morgan fingerprint density at radius 2 is 1.86 bits per heavy atom. The van der Waals surface area contributed by atoms with Gasteiger partial charge in [-0.25, -0.2) is 0 Å². The average Bonchev–Trinajstić information content (AvgIpc) is 3.03. The zero-order chi connectivity index (χ0) is 15.4. The fourth-order valence-corrected chi connectivity index (χ4v) is 2.82. The monoisotopic (exact) mass is 294 g/mol. The fraction of sp³-hybridized carbons (Fsp3) is 0.263. The highest BCUT2D eigenvalue weighted by Crippen LogP contribution is 2.20. The zero-order valence-corrected chi connectivity index (χ0v) is 12.8. The van der Waals surface area contributed by atoms with E-state index >= 15 is 0 Å². The minimum absolute atomic E-state index is 0.240. The molecule has 3 rings (SSSR count). The van der Waals surface area contributed by atoms with E-state index in [1.165, 1.54) is 10.9 Å². The number of nitrogens with one attached hydrogen (secondary N) is 2. The predicted molar refractivity (Wildman–Crippen MR) is 90.6 cm³/mol. The normalized spacial score (nSPS) is 14.1. The van der Waals surface area contributed by atoms with Gasteiger partial charge in [-0.05, 0) is 36.6 Å². The Labute approximate surface area is 131 Å². The summed E-state index contributed by atoms with van der Waals surface area (Å²) in [5.41, 5.74) is 3.42. The molecule has 0 spiro atoms. The molecule has 3 aromatic rings. The first-order valence-electron chi connectivity index (χ1n) is 7.75. The molecule has 0 saturated heterocycles. The highest BCUT2D eigenvalue weighted by Gasteiger charge is 2.12. The number of H-pyrrole nitrogens is 1. The van der Waals surface area contributed by atoms with Crippen molar-refractivity contribution in [3.63, 3.8) is 0 Å². The predicted octanol–water partition coefficient (Wildman–Crippen LogP) is 3.77. The van der Waals surface area contributed by atoms with Gasteiger partial charge in [-0.1, -0.05) is 42.5 Å². The van der Waals surface area contributed by atoms with E-state index in [-0.39, 0.29) is 6.04 Å². The zero-order valence-electron chi connectivity index (χ0n) is 12.8. The van der Waals surface area contributed by atoms with Gasteiger partial charge in [0.2, 0.25) is 0 Å². The van der Waals surface area contributed by atoms with Crippen molar-refractivity contribution in [3.05, 3.63) is 71.9 Å². The smallest absolute Gasteiger partial charge is 0.0804 e. The van der Waals surface area contributed by atoms with Crippen LogP contribution in [0.25, 0.3) is 10.9 Å². The number of hydrogen-bond acceptors (Lipinski definition) is 2. The summed E-state index contributed by atoms with van der Waals surface area (Å²) in [5, 5.41) is 15.0. The molecule has 0 amide bonds. The van der Waals surface area contributed by atoms with E-state index in [0.29, 0.717) is 6.42 Å². The van der Waals surface area contributed by atoms with Crippen molar-refractivity contribution < 1.29 is 5.11 Å². The molecule has 1 aromatic heterocycles. The Morgan fingerprint density at radius 1 is 1.05 bits per heavy atom. The van der Waals surface area contributed by atoms with Crippen molar-refractivity contribution >= 4 is 10.9 Å². The van der Waals surface area contributed by atoms with Crippen LogP contribution in [0.1, 0.15) is 30.6 Å². The summed E-state index contributed by atoms with van der Waals surface area (Å²) in [4.78, 5) is 3.23. The summed E-state index contributed by atoms with van der Waals surface area (Å²) in [7, 11) is 0. The molecule has 0 saturated carbocycles. The summed E-state index contributed by atoms with van der Waals surface area (Å²) >= 11 is 0. The summed E-state index contributed by atoms with van der Waals surface area (Å²) < 4.78 is 0. The first-order chi connectivity index (χ1) is 10.7. The molecular weight excluding hydrogens is 272 g/mol. The average molecular weight is 294 g/mol. The van der Waals surface area contributed by atoms with E-state index in [0.717, 1.165) is 17.6 Å². The van der Waals surface area contributed by atoms with Crippen LogP contribution in [0.2, 0.25) is 0 Å². The number of rotatable bonds is 6. The molecule has 0 aliphatic heterocycles. The second-order valence-corrected chi connectivity index (χ2v) is 5.80. The number of aliphatic hydroxyl groups is 1. The van der Waals surface area contributed by atoms with Gasteiger partial charge in [0.05, 0.1) is 6.10 Å². The Bertz CT molecular complexity index is 720. The van der Waals surface area contributed by atoms with Gasteiger partial charge >= 0.3 is 0 Å². The molecule has 2 unspecified atom stereocenters. The number of aliphatic hydroxyl groups excluding tert-OH is 1. The van der Waals surface area contributed by atoms with Crippen molar-refractivity contribution in [1.29, 1.82) is 0 Å². The van der Waals surface area contributed by atoms with Crippen LogP contribution in [0.5, 0.6) is 0 Å². The maximum Gasteiger partial charge on any atom is 0.0804 e. The number of hydrogen-bond donors (Lipinski definition) is 3. The van der Waals surface area contributed by atoms with E-state index in [1.54, 1.807) is 0 Å². The summed E-state index contributed by atoms with van der Waals surface area (Å²) in [6, 6.07) is 18.5. The first kappa shape index (κ1) is 14.8. The van der Waals surface area contributed by atoms with Gasteiger partial charge in [0, 0.05) is 29.7 Å². The number of aromatic amines is 1. The number of benzene rings is 2. The minimum atomic E-state index is -0.424. The number of fused-ring (bicyclic) bond motifs is 1. The van der Waals surface area contributed by atoms with Crippen molar-refractivity contribution in [2.45, 2.75) is 32.0 Å². The quantitative estimate of drug-likeness (QED) is 0.648. The van der Waals surface area contributed by atoms with Gasteiger partial charge in [0.1, 0.15) is 0 Å². The maximum atomic E-state index is 10.3. The molecule has 0 bridgehead atoms. The van der Waals surface area contributed by atoms with Crippen LogP contribution in [0.3, 0.4) is 0 Å². The van der Waals surface area contributed by atoms with Gasteiger partial charge in [-0.2, -0.15) is 0 Å². The van der Waals surface area contributed by atoms with Crippen molar-refractivity contribution in [1.82, 2.24) is 10.3 Å². The lowest BCUT2D eigenvalue weighted by atomic mass is 10.0. The Balaban J connectivity index is 1.58. The molecule has 2 atom stereocenters. The maximum absolute atomic E-state index is 10.3. The van der Waals surface area contributed by atoms with E-state index < -0.39 is 6.10 Å². The van der Waals surface area contributed by atoms with Gasteiger partial charge in [0.25, 0.3) is 0 Å². The molecule has 0 aliphatic rings. The van der Waals surface area contributed by atoms with Crippen LogP contribution in [0.4, 0.5) is 0 Å². The van der Waals surface area contributed by atoms with Crippen LogP contribution >= 0.6 is 0 Å². The summed E-state index contributed by atoms with van der Waals surface area (Å²) in [6.07, 6.45) is 2.25. The molecule has 3 heteroatoms. The molecule has 0 aliphatic carbocycles. The standard InChI is InChI=1S/C19H22N2O/c1-14(12-19(22)15-6-3-2-4-7-15)21-13-16-8-5-9-18-17(16)10-11-20-18/h2-11,14,19-22H,12-13H2,1H3. The van der Waals surface area contributed by atoms with E-state index in [4.69, 9.17) is 0 Å². The minimum Gasteiger partial charge on any atom is -0.388 e. The second-order valence-electron chi connectivity index (χ2n) is 5.80. The molecule has 0 fully saturated rings. The molecule has 1 heterocycles. The lowest BCUT2D eigenvalue weighted by molar-refractivity contribution is 0.154. The van der Waals surface area contributed by atoms with Crippen LogP contribution in [0.15, 0.2) is 60.8 Å². The van der Waals surface area contributed by atoms with E-state index in [9.17, 15) is 5.11 Å². The summed E-state index contributed by atoms with van der Waals surface area (Å²) in [5.74, 6) is 0. The van der Waals surface area contributed by atoms with Gasteiger partial charge in [-0.15, -0.1) is 0 Å². The molecule has 3 N–H and O–H groups in total. The third-order valence-electron chi connectivity index (χ3n) is 4.09. The molecule has 22 heavy (non-hydrogen) atoms. The topological polar surface area (TPSA) is 48.0 Å². The third kappa shape index (κ3) is 3.38. The Morgan fingerprint density at radius 3 is 2.68 bits per heavy atom. The van der Waals surface area contributed by atoms with Gasteiger partial charge in [0.15, 0.2) is 0 Å². The SMILES string of the molecule is CC(CC(O)c1ccccc1)NCc1cccc2[nH]ccc12. The van der Waals surface area contributed by atoms with Crippen LogP contribution in [-0.4, -0.2) is 16.1 Å². The highest BCUT2D eigenvalue weighted by atomic mass is 16.3. The van der Waals surface area contributed by atoms with E-state index in [1.807, 2.05) is 36.5 Å². The van der Waals surface area contributed by atoms with Crippen LogP contribution < -0.4 is 5.32 Å². The molecule has 2 aromatic carbocycles. The van der Waals surface area contributed by atoms with Gasteiger partial charge in [-0.3, -0.25) is 0 Å². The lowest BCUT2D eigenvalue weighted by Crippen LogP contribution is -2.27. The van der Waals surface area contributed by atoms with Gasteiger partial charge < -0.3 is 15.4 Å². The number of aromatic nitrogens is 1. The lowest BCUT2D eigenvalue weighted by Gasteiger charge is -2.18. The van der Waals surface area contributed by atoms with Crippen LogP contribution in [-0.2, 0) is 6.54 Å². The van der Waals surface area contributed by atoms with E-state index in [2.05, 4.69) is 41.5 Å². The molecule has 0 radical (unpaired) electrons. The molecular formula is C19H22N2O. The molecule has 114 valence electrons. The van der Waals surface area contributed by atoms with Crippen molar-refractivity contribution in [2.24, 2.45) is 0 Å². The summed E-state index contributed by atoms with van der Waals surface area (Å²) in [6.45, 7) is 2.92. The highest BCUT2D eigenvalue weighted by molar-refractivity contribution is 5.82. The fourth-order valence-electron chi connectivity index (χ4n) is 2.82. The van der Waals surface area contributed by atoms with Crippen molar-refractivity contribution in [2.75, 3.05) is 0 Å². The molecule has 3 nitrogen and oxygen atoms in total. The second kappa shape index (κ2) is 6.77. The Hall–Kier alpha value is -2.10. The third-order valence-corrected chi connectivity index (χ3v) is 4.09. The Kier molecular flexibility index (Phi) is 4.56. The largest absolute Gasteiger partial charge is 0.388 e. The van der Waals surface area contributed by atoms with Crippen LogP contribution in [0, 0.1) is 0 Å². The van der Waals surface area contributed by atoms with Crippen molar-refractivity contribution in [3.8, 4) is 0 Å².